The molecule has 1 aromatic carbocycles. The van der Waals surface area contributed by atoms with Gasteiger partial charge in [0.15, 0.2) is 0 Å². The molecule has 0 amide bonds. The fraction of sp³-hybridized carbons (Fsp3) is 0.417. The third kappa shape index (κ3) is 1.60. The quantitative estimate of drug-likeness (QED) is 0.771. The molecule has 0 saturated heterocycles. The maximum atomic E-state index is 6.06. The van der Waals surface area contributed by atoms with Gasteiger partial charge in [0.25, 0.3) is 0 Å². The summed E-state index contributed by atoms with van der Waals surface area (Å²) in [5.74, 6) is 0.863. The molecule has 1 aliphatic carbocycles. The number of nitrogens with zero attached hydrogens (tertiary/aromatic N) is 2. The summed E-state index contributed by atoms with van der Waals surface area (Å²) in [5.41, 5.74) is 9.04. The van der Waals surface area contributed by atoms with E-state index >= 15 is 0 Å². The zero-order valence-electron chi connectivity index (χ0n) is 9.40. The molecule has 0 spiro atoms. The lowest BCUT2D eigenvalue weighted by Gasteiger charge is -2.20. The minimum Gasteiger partial charge on any atom is -0.397 e. The van der Waals surface area contributed by atoms with Crippen LogP contribution in [0.3, 0.4) is 0 Å². The predicted molar refractivity (Wildman–Crippen MR) is 66.5 cm³/mol. The Labute approximate surface area is 94.4 Å². The first kappa shape index (κ1) is 9.51. The van der Waals surface area contributed by atoms with E-state index in [4.69, 9.17) is 5.73 Å². The predicted octanol–water partition coefficient (Wildman–Crippen LogP) is 1.99. The summed E-state index contributed by atoms with van der Waals surface area (Å²) in [7, 11) is 2.10. The second-order valence-electron chi connectivity index (χ2n) is 4.69. The average molecular weight is 216 g/mol. The average Bonchev–Trinajstić information content (AvgIpc) is 2.94. The Bertz CT molecular complexity index is 513. The van der Waals surface area contributed by atoms with Gasteiger partial charge in [-0.05, 0) is 30.9 Å². The summed E-state index contributed by atoms with van der Waals surface area (Å²) < 4.78 is 0. The fourth-order valence-corrected chi connectivity index (χ4v) is 2.11. The van der Waals surface area contributed by atoms with Gasteiger partial charge in [-0.2, -0.15) is 5.10 Å². The molecule has 1 aliphatic rings. The standard InChI is InChI=1S/C12H16N4/c1-16(7-8-2-3-8)12-5-11-9(4-10(12)13)6-14-15-11/h4-6,8H,2-3,7,13H2,1H3,(H,14,15). The molecule has 1 saturated carbocycles. The number of nitrogens with two attached hydrogens (primary N) is 1. The number of hydrogen-bond donors (Lipinski definition) is 2. The third-order valence-corrected chi connectivity index (χ3v) is 3.23. The van der Waals surface area contributed by atoms with Crippen LogP contribution in [0.1, 0.15) is 12.8 Å². The zero-order chi connectivity index (χ0) is 11.1. The molecule has 1 fully saturated rings. The largest absolute Gasteiger partial charge is 0.397 e. The first-order chi connectivity index (χ1) is 7.74. The number of fused-ring (bicyclic) bond motifs is 1. The number of H-pyrrole nitrogens is 1. The van der Waals surface area contributed by atoms with E-state index in [2.05, 4.69) is 28.2 Å². The number of anilines is 2. The van der Waals surface area contributed by atoms with E-state index in [1.54, 1.807) is 6.20 Å². The van der Waals surface area contributed by atoms with Gasteiger partial charge < -0.3 is 10.6 Å². The third-order valence-electron chi connectivity index (χ3n) is 3.23. The molecule has 1 aromatic heterocycles. The van der Waals surface area contributed by atoms with Crippen LogP contribution < -0.4 is 10.6 Å². The van der Waals surface area contributed by atoms with Gasteiger partial charge in [0, 0.05) is 19.0 Å². The Morgan fingerprint density at radius 2 is 2.31 bits per heavy atom. The van der Waals surface area contributed by atoms with E-state index in [0.717, 1.165) is 34.7 Å². The van der Waals surface area contributed by atoms with Crippen molar-refractivity contribution in [2.45, 2.75) is 12.8 Å². The zero-order valence-corrected chi connectivity index (χ0v) is 9.40. The molecule has 2 aromatic rings. The van der Waals surface area contributed by atoms with Crippen LogP contribution in [0.2, 0.25) is 0 Å². The number of hydrogen-bond acceptors (Lipinski definition) is 3. The van der Waals surface area contributed by atoms with Crippen LogP contribution in [-0.4, -0.2) is 23.8 Å². The van der Waals surface area contributed by atoms with Crippen molar-refractivity contribution in [1.29, 1.82) is 0 Å². The van der Waals surface area contributed by atoms with E-state index in [-0.39, 0.29) is 0 Å². The summed E-state index contributed by atoms with van der Waals surface area (Å²) in [6, 6.07) is 4.07. The van der Waals surface area contributed by atoms with Gasteiger partial charge >= 0.3 is 0 Å². The molecular formula is C12H16N4. The normalized spacial score (nSPS) is 15.6. The van der Waals surface area contributed by atoms with Crippen molar-refractivity contribution in [2.75, 3.05) is 24.2 Å². The van der Waals surface area contributed by atoms with Gasteiger partial charge in [-0.25, -0.2) is 0 Å². The van der Waals surface area contributed by atoms with Crippen molar-refractivity contribution < 1.29 is 0 Å². The highest BCUT2D eigenvalue weighted by molar-refractivity contribution is 5.88. The smallest absolute Gasteiger partial charge is 0.0672 e. The lowest BCUT2D eigenvalue weighted by Crippen LogP contribution is -2.21. The molecule has 0 bridgehead atoms. The molecule has 0 atom stereocenters. The number of aromatic amines is 1. The van der Waals surface area contributed by atoms with E-state index in [1.807, 2.05) is 6.07 Å². The van der Waals surface area contributed by atoms with Crippen LogP contribution in [0.15, 0.2) is 18.3 Å². The molecule has 0 radical (unpaired) electrons. The van der Waals surface area contributed by atoms with Crippen molar-refractivity contribution in [3.63, 3.8) is 0 Å². The van der Waals surface area contributed by atoms with E-state index in [0.29, 0.717) is 0 Å². The summed E-state index contributed by atoms with van der Waals surface area (Å²) in [4.78, 5) is 2.24. The molecular weight excluding hydrogens is 200 g/mol. The van der Waals surface area contributed by atoms with E-state index < -0.39 is 0 Å². The molecule has 4 nitrogen and oxygen atoms in total. The van der Waals surface area contributed by atoms with Crippen molar-refractivity contribution in [3.05, 3.63) is 18.3 Å². The van der Waals surface area contributed by atoms with Crippen molar-refractivity contribution in [1.82, 2.24) is 10.2 Å². The Balaban J connectivity index is 1.96. The minimum atomic E-state index is 0.831. The number of benzene rings is 1. The molecule has 4 heteroatoms. The van der Waals surface area contributed by atoms with Crippen LogP contribution in [-0.2, 0) is 0 Å². The second kappa shape index (κ2) is 3.40. The van der Waals surface area contributed by atoms with Gasteiger partial charge in [0.1, 0.15) is 0 Å². The first-order valence-electron chi connectivity index (χ1n) is 5.68. The van der Waals surface area contributed by atoms with Crippen LogP contribution >= 0.6 is 0 Å². The molecule has 0 unspecified atom stereocenters. The molecule has 3 N–H and O–H groups in total. The second-order valence-corrected chi connectivity index (χ2v) is 4.69. The van der Waals surface area contributed by atoms with Gasteiger partial charge in [-0.15, -0.1) is 0 Å². The highest BCUT2D eigenvalue weighted by Crippen LogP contribution is 2.33. The molecule has 16 heavy (non-hydrogen) atoms. The number of aromatic nitrogens is 2. The Morgan fingerprint density at radius 3 is 3.06 bits per heavy atom. The van der Waals surface area contributed by atoms with Crippen LogP contribution in [0.5, 0.6) is 0 Å². The van der Waals surface area contributed by atoms with E-state index in [9.17, 15) is 0 Å². The monoisotopic (exact) mass is 216 g/mol. The Morgan fingerprint density at radius 1 is 1.50 bits per heavy atom. The van der Waals surface area contributed by atoms with Gasteiger partial charge in [0.2, 0.25) is 0 Å². The Kier molecular flexibility index (Phi) is 2.02. The number of nitrogen functional groups attached to an aromatic ring is 1. The molecule has 1 heterocycles. The molecule has 84 valence electrons. The van der Waals surface area contributed by atoms with Crippen molar-refractivity contribution in [3.8, 4) is 0 Å². The maximum Gasteiger partial charge on any atom is 0.0672 e. The van der Waals surface area contributed by atoms with Crippen LogP contribution in [0, 0.1) is 5.92 Å². The highest BCUT2D eigenvalue weighted by atomic mass is 15.1. The van der Waals surface area contributed by atoms with Gasteiger partial charge in [0.05, 0.1) is 23.1 Å². The van der Waals surface area contributed by atoms with Crippen LogP contribution in [0.25, 0.3) is 10.9 Å². The fourth-order valence-electron chi connectivity index (χ4n) is 2.11. The summed E-state index contributed by atoms with van der Waals surface area (Å²) in [6.45, 7) is 1.10. The van der Waals surface area contributed by atoms with Crippen LogP contribution in [0.4, 0.5) is 11.4 Å². The van der Waals surface area contributed by atoms with E-state index in [1.165, 1.54) is 12.8 Å². The summed E-state index contributed by atoms with van der Waals surface area (Å²) in [6.07, 6.45) is 4.52. The lowest BCUT2D eigenvalue weighted by atomic mass is 10.2. The minimum absolute atomic E-state index is 0.831. The first-order valence-corrected chi connectivity index (χ1v) is 5.68. The van der Waals surface area contributed by atoms with Crippen molar-refractivity contribution >= 4 is 22.3 Å². The number of nitrogens with one attached hydrogen (secondary N) is 1. The van der Waals surface area contributed by atoms with Crippen molar-refractivity contribution in [2.24, 2.45) is 5.92 Å². The van der Waals surface area contributed by atoms with Gasteiger partial charge in [-0.1, -0.05) is 0 Å². The van der Waals surface area contributed by atoms with Gasteiger partial charge in [-0.3, -0.25) is 5.10 Å². The lowest BCUT2D eigenvalue weighted by molar-refractivity contribution is 0.788. The summed E-state index contributed by atoms with van der Waals surface area (Å²) in [5, 5.41) is 8.07. The highest BCUT2D eigenvalue weighted by Gasteiger charge is 2.23. The number of rotatable bonds is 3. The maximum absolute atomic E-state index is 6.06. The summed E-state index contributed by atoms with van der Waals surface area (Å²) >= 11 is 0. The topological polar surface area (TPSA) is 57.9 Å². The Hall–Kier alpha value is -1.71. The molecule has 0 aliphatic heterocycles. The molecule has 3 rings (SSSR count). The SMILES string of the molecule is CN(CC1CC1)c1cc2[nH]ncc2cc1N.